The molecule has 1 aliphatic rings. The van der Waals surface area contributed by atoms with Gasteiger partial charge >= 0.3 is 0 Å². The minimum atomic E-state index is -0.283. The molecule has 0 radical (unpaired) electrons. The van der Waals surface area contributed by atoms with Crippen molar-refractivity contribution in [3.05, 3.63) is 35.6 Å². The van der Waals surface area contributed by atoms with Crippen molar-refractivity contribution >= 4 is 5.78 Å². The van der Waals surface area contributed by atoms with E-state index in [0.29, 0.717) is 12.8 Å². The number of hydrogen-bond acceptors (Lipinski definition) is 2. The summed E-state index contributed by atoms with van der Waals surface area (Å²) in [6.07, 6.45) is 4.07. The zero-order valence-corrected chi connectivity index (χ0v) is 9.82. The minimum absolute atomic E-state index is 0.158. The summed E-state index contributed by atoms with van der Waals surface area (Å²) in [4.78, 5) is 11.7. The molecule has 0 aliphatic carbocycles. The molecule has 92 valence electrons. The Morgan fingerprint density at radius 2 is 2.35 bits per heavy atom. The Bertz CT molecular complexity index is 384. The van der Waals surface area contributed by atoms with Gasteiger partial charge in [-0.05, 0) is 37.0 Å². The number of ether oxygens (including phenoxy) is 1. The molecule has 17 heavy (non-hydrogen) atoms. The van der Waals surface area contributed by atoms with E-state index in [4.69, 9.17) is 4.74 Å². The zero-order chi connectivity index (χ0) is 12.1. The van der Waals surface area contributed by atoms with E-state index in [1.54, 1.807) is 12.1 Å². The van der Waals surface area contributed by atoms with Crippen molar-refractivity contribution in [1.29, 1.82) is 0 Å². The van der Waals surface area contributed by atoms with E-state index < -0.39 is 0 Å². The number of carbonyl (C=O) groups excluding carboxylic acids is 1. The highest BCUT2D eigenvalue weighted by atomic mass is 19.1. The molecule has 1 saturated heterocycles. The van der Waals surface area contributed by atoms with Gasteiger partial charge in [0.05, 0.1) is 6.10 Å². The minimum Gasteiger partial charge on any atom is -0.378 e. The molecule has 0 amide bonds. The van der Waals surface area contributed by atoms with Crippen LogP contribution in [0.2, 0.25) is 0 Å². The Morgan fingerprint density at radius 1 is 1.47 bits per heavy atom. The van der Waals surface area contributed by atoms with Crippen LogP contribution in [-0.4, -0.2) is 18.5 Å². The van der Waals surface area contributed by atoms with Crippen LogP contribution in [0.4, 0.5) is 4.39 Å². The number of benzene rings is 1. The molecule has 1 unspecified atom stereocenters. The maximum absolute atomic E-state index is 12.9. The molecule has 0 aromatic heterocycles. The van der Waals surface area contributed by atoms with Gasteiger partial charge in [0.1, 0.15) is 11.6 Å². The van der Waals surface area contributed by atoms with Crippen molar-refractivity contribution in [3.8, 4) is 0 Å². The molecule has 1 aromatic rings. The van der Waals surface area contributed by atoms with Crippen LogP contribution >= 0.6 is 0 Å². The quantitative estimate of drug-likeness (QED) is 0.785. The average molecular weight is 236 g/mol. The molecule has 3 heteroatoms. The van der Waals surface area contributed by atoms with Crippen molar-refractivity contribution in [2.75, 3.05) is 6.61 Å². The molecule has 2 rings (SSSR count). The van der Waals surface area contributed by atoms with Crippen molar-refractivity contribution in [2.24, 2.45) is 0 Å². The fraction of sp³-hybridized carbons (Fsp3) is 0.500. The summed E-state index contributed by atoms with van der Waals surface area (Å²) >= 11 is 0. The van der Waals surface area contributed by atoms with Crippen LogP contribution in [0.3, 0.4) is 0 Å². The van der Waals surface area contributed by atoms with Gasteiger partial charge in [-0.2, -0.15) is 0 Å². The van der Waals surface area contributed by atoms with Gasteiger partial charge in [-0.1, -0.05) is 12.1 Å². The summed E-state index contributed by atoms with van der Waals surface area (Å²) in [5.41, 5.74) is 0.752. The third-order valence-electron chi connectivity index (χ3n) is 3.06. The lowest BCUT2D eigenvalue weighted by molar-refractivity contribution is -0.119. The fourth-order valence-electron chi connectivity index (χ4n) is 2.16. The fourth-order valence-corrected chi connectivity index (χ4v) is 2.16. The number of hydrogen-bond donors (Lipinski definition) is 0. The van der Waals surface area contributed by atoms with E-state index in [1.165, 1.54) is 12.1 Å². The Labute approximate surface area is 101 Å². The number of halogens is 1. The first kappa shape index (κ1) is 12.2. The highest BCUT2D eigenvalue weighted by Gasteiger charge is 2.16. The lowest BCUT2D eigenvalue weighted by Gasteiger charge is -2.08. The van der Waals surface area contributed by atoms with E-state index in [9.17, 15) is 9.18 Å². The summed E-state index contributed by atoms with van der Waals surface area (Å²) < 4.78 is 18.4. The molecule has 1 aromatic carbocycles. The lowest BCUT2D eigenvalue weighted by Crippen LogP contribution is -2.10. The number of ketones is 1. The van der Waals surface area contributed by atoms with E-state index in [-0.39, 0.29) is 17.7 Å². The summed E-state index contributed by atoms with van der Waals surface area (Å²) in [6, 6.07) is 6.23. The molecule has 0 N–H and O–H groups in total. The molecule has 1 atom stereocenters. The van der Waals surface area contributed by atoms with Gasteiger partial charge in [-0.3, -0.25) is 4.79 Å². The normalized spacial score (nSPS) is 19.5. The van der Waals surface area contributed by atoms with Crippen molar-refractivity contribution in [2.45, 2.75) is 38.2 Å². The van der Waals surface area contributed by atoms with Crippen molar-refractivity contribution in [3.63, 3.8) is 0 Å². The first-order chi connectivity index (χ1) is 8.24. The van der Waals surface area contributed by atoms with Gasteiger partial charge in [-0.15, -0.1) is 0 Å². The molecular formula is C14H17FO2. The molecular weight excluding hydrogens is 219 g/mol. The third kappa shape index (κ3) is 3.93. The zero-order valence-electron chi connectivity index (χ0n) is 9.82. The summed E-state index contributed by atoms with van der Waals surface area (Å²) in [5, 5.41) is 0. The largest absolute Gasteiger partial charge is 0.378 e. The number of carbonyl (C=O) groups is 1. The van der Waals surface area contributed by atoms with E-state index in [0.717, 1.165) is 31.4 Å². The first-order valence-electron chi connectivity index (χ1n) is 6.12. The maximum Gasteiger partial charge on any atom is 0.137 e. The Hall–Kier alpha value is -1.22. The number of rotatable bonds is 5. The Balaban J connectivity index is 1.76. The molecule has 1 heterocycles. The predicted octanol–water partition coefficient (Wildman–Crippen LogP) is 2.90. The summed E-state index contributed by atoms with van der Waals surface area (Å²) in [6.45, 7) is 0.822. The van der Waals surface area contributed by atoms with E-state index in [1.807, 2.05) is 0 Å². The van der Waals surface area contributed by atoms with Gasteiger partial charge in [0.15, 0.2) is 0 Å². The molecule has 1 aliphatic heterocycles. The summed E-state index contributed by atoms with van der Waals surface area (Å²) in [7, 11) is 0. The molecule has 0 spiro atoms. The van der Waals surface area contributed by atoms with Crippen LogP contribution in [0.1, 0.15) is 31.2 Å². The van der Waals surface area contributed by atoms with Crippen LogP contribution in [0.25, 0.3) is 0 Å². The highest BCUT2D eigenvalue weighted by molar-refractivity contribution is 5.80. The standard InChI is InChI=1S/C14H17FO2/c15-12-4-1-3-11(9-12)10-13(16)6-7-14-5-2-8-17-14/h1,3-4,9,14H,2,5-8,10H2. The van der Waals surface area contributed by atoms with Crippen LogP contribution < -0.4 is 0 Å². The molecule has 0 bridgehead atoms. The van der Waals surface area contributed by atoms with Crippen LogP contribution in [0, 0.1) is 5.82 Å². The van der Waals surface area contributed by atoms with Crippen molar-refractivity contribution in [1.82, 2.24) is 0 Å². The van der Waals surface area contributed by atoms with Gasteiger partial charge in [0.25, 0.3) is 0 Å². The smallest absolute Gasteiger partial charge is 0.137 e. The molecule has 0 saturated carbocycles. The maximum atomic E-state index is 12.9. The van der Waals surface area contributed by atoms with E-state index in [2.05, 4.69) is 0 Å². The van der Waals surface area contributed by atoms with Gasteiger partial charge in [0.2, 0.25) is 0 Å². The number of Topliss-reactive ketones (excluding diaryl/α,β-unsaturated/α-hetero) is 1. The second-order valence-corrected chi connectivity index (χ2v) is 4.52. The monoisotopic (exact) mass is 236 g/mol. The van der Waals surface area contributed by atoms with Crippen LogP contribution in [0.5, 0.6) is 0 Å². The van der Waals surface area contributed by atoms with Gasteiger partial charge < -0.3 is 4.74 Å². The predicted molar refractivity (Wildman–Crippen MR) is 63.3 cm³/mol. The van der Waals surface area contributed by atoms with E-state index >= 15 is 0 Å². The van der Waals surface area contributed by atoms with Crippen LogP contribution in [0.15, 0.2) is 24.3 Å². The Morgan fingerprint density at radius 3 is 3.06 bits per heavy atom. The first-order valence-corrected chi connectivity index (χ1v) is 6.12. The molecule has 2 nitrogen and oxygen atoms in total. The topological polar surface area (TPSA) is 26.3 Å². The van der Waals surface area contributed by atoms with Gasteiger partial charge in [0, 0.05) is 19.4 Å². The SMILES string of the molecule is O=C(CCC1CCCO1)Cc1cccc(F)c1. The Kier molecular flexibility index (Phi) is 4.26. The van der Waals surface area contributed by atoms with Crippen LogP contribution in [-0.2, 0) is 16.0 Å². The van der Waals surface area contributed by atoms with Gasteiger partial charge in [-0.25, -0.2) is 4.39 Å². The third-order valence-corrected chi connectivity index (χ3v) is 3.06. The summed E-state index contributed by atoms with van der Waals surface area (Å²) in [5.74, 6) is -0.125. The lowest BCUT2D eigenvalue weighted by atomic mass is 10.0. The molecule has 1 fully saturated rings. The average Bonchev–Trinajstić information content (AvgIpc) is 2.79. The second kappa shape index (κ2) is 5.92. The van der Waals surface area contributed by atoms with Crippen molar-refractivity contribution < 1.29 is 13.9 Å². The second-order valence-electron chi connectivity index (χ2n) is 4.52. The highest BCUT2D eigenvalue weighted by Crippen LogP contribution is 2.17.